The molecule has 6 amide bonds. The highest BCUT2D eigenvalue weighted by Crippen LogP contribution is 2.22. The maximum atomic E-state index is 14.3. The number of aromatic nitrogens is 2. The van der Waals surface area contributed by atoms with E-state index in [9.17, 15) is 33.6 Å². The molecule has 0 bridgehead atoms. The average Bonchev–Trinajstić information content (AvgIpc) is 4.05. The van der Waals surface area contributed by atoms with Crippen LogP contribution in [0, 0.1) is 5.92 Å². The van der Waals surface area contributed by atoms with E-state index in [1.54, 1.807) is 18.8 Å². The summed E-state index contributed by atoms with van der Waals surface area (Å²) in [6, 6.07) is 15.6. The number of hydrogen-bond acceptors (Lipinski definition) is 14. The number of ether oxygens (including phenoxy) is 2. The molecule has 0 unspecified atom stereocenters. The molecule has 0 spiro atoms. The number of benzene rings is 2. The van der Waals surface area contributed by atoms with Crippen molar-refractivity contribution in [1.29, 1.82) is 0 Å². The Balaban J connectivity index is 1.38. The lowest BCUT2D eigenvalue weighted by atomic mass is 9.92. The monoisotopic (exact) mass is 931 g/mol. The van der Waals surface area contributed by atoms with E-state index < -0.39 is 66.0 Å². The van der Waals surface area contributed by atoms with Crippen LogP contribution in [0.4, 0.5) is 9.59 Å². The van der Waals surface area contributed by atoms with Crippen molar-refractivity contribution >= 4 is 64.5 Å². The quantitative estimate of drug-likeness (QED) is 0.0557. The Labute approximate surface area is 386 Å². The van der Waals surface area contributed by atoms with Crippen molar-refractivity contribution in [2.45, 2.75) is 122 Å². The van der Waals surface area contributed by atoms with Gasteiger partial charge in [-0.05, 0) is 36.3 Å². The van der Waals surface area contributed by atoms with E-state index in [1.807, 2.05) is 79.9 Å². The fourth-order valence-corrected chi connectivity index (χ4v) is 8.24. The molecule has 4 aromatic rings. The highest BCUT2D eigenvalue weighted by molar-refractivity contribution is 7.09. The number of carbonyl (C=O) groups is 7. The third-order valence-corrected chi connectivity index (χ3v) is 12.3. The number of nitrogens with one attached hydrogen (secondary N) is 3. The minimum absolute atomic E-state index is 0.000891. The fourth-order valence-electron chi connectivity index (χ4n) is 6.91. The largest absolute Gasteiger partial charge is 0.460 e. The minimum atomic E-state index is -1.08. The molecule has 17 nitrogen and oxygen atoms in total. The third-order valence-electron chi connectivity index (χ3n) is 10.3. The summed E-state index contributed by atoms with van der Waals surface area (Å²) in [5.74, 6) is -3.36. The maximum Gasteiger partial charge on any atom is 0.407 e. The van der Waals surface area contributed by atoms with E-state index in [2.05, 4.69) is 39.8 Å². The summed E-state index contributed by atoms with van der Waals surface area (Å²) in [5.41, 5.74) is 4.03. The topological polar surface area (TPSA) is 216 Å². The molecule has 2 aromatic carbocycles. The Morgan fingerprint density at radius 3 is 2.08 bits per heavy atom. The van der Waals surface area contributed by atoms with Crippen LogP contribution in [0.3, 0.4) is 0 Å². The van der Waals surface area contributed by atoms with Crippen LogP contribution in [0.2, 0.25) is 0 Å². The number of hydrogen-bond donors (Lipinski definition) is 3. The van der Waals surface area contributed by atoms with E-state index in [0.717, 1.165) is 21.8 Å². The van der Waals surface area contributed by atoms with Crippen molar-refractivity contribution in [3.05, 3.63) is 104 Å². The SMILES string of the molecule is CC(C)c1nc(CN(C)C(=O)N[C@H](C(=O)N[C@@H](Cc2ccccc2)C[C@H](OC(=O)CCCC(=O)ON2C(=O)CCC2=O)[C@H](Cc2ccccc2)NC(=O)OCc2cncs2)C(C)C)cs1. The predicted octanol–water partition coefficient (Wildman–Crippen LogP) is 6.23. The van der Waals surface area contributed by atoms with E-state index >= 15 is 0 Å². The van der Waals surface area contributed by atoms with Gasteiger partial charge in [-0.3, -0.25) is 24.2 Å². The maximum absolute atomic E-state index is 14.3. The van der Waals surface area contributed by atoms with Crippen molar-refractivity contribution in [2.24, 2.45) is 5.92 Å². The average molecular weight is 932 g/mol. The second-order valence-electron chi connectivity index (χ2n) is 16.4. The van der Waals surface area contributed by atoms with Gasteiger partial charge in [-0.1, -0.05) is 88.4 Å². The van der Waals surface area contributed by atoms with Gasteiger partial charge >= 0.3 is 24.1 Å². The molecule has 1 aliphatic heterocycles. The van der Waals surface area contributed by atoms with Crippen LogP contribution in [-0.2, 0) is 64.3 Å². The molecule has 1 aliphatic rings. The molecular weight excluding hydrogens is 875 g/mol. The molecule has 3 N–H and O–H groups in total. The van der Waals surface area contributed by atoms with Gasteiger partial charge in [0.15, 0.2) is 0 Å². The number of hydroxylamine groups is 2. The van der Waals surface area contributed by atoms with Gasteiger partial charge in [-0.15, -0.1) is 27.7 Å². The molecule has 0 saturated carbocycles. The second-order valence-corrected chi connectivity index (χ2v) is 18.3. The Morgan fingerprint density at radius 1 is 0.831 bits per heavy atom. The summed E-state index contributed by atoms with van der Waals surface area (Å²) in [6.45, 7) is 7.95. The molecule has 348 valence electrons. The Bertz CT molecular complexity index is 2190. The summed E-state index contributed by atoms with van der Waals surface area (Å²) in [6.07, 6.45) is -0.482. The molecule has 4 atom stereocenters. The van der Waals surface area contributed by atoms with Crippen molar-refractivity contribution < 1.29 is 47.9 Å². The standard InChI is InChI=1S/C46H57N7O10S2/c1-29(2)42(51-45(59)52(5)25-34-27-64-44(49-34)30(3)4)43(58)48-33(21-31-13-8-6-9-14-31)23-37(62-40(56)17-12-18-41(57)63-53-38(54)19-20-39(53)55)36(22-32-15-10-7-11-16-32)50-46(60)61-26-35-24-47-28-65-35/h6-11,13-16,24,27-30,33,36-37,42H,12,17-23,25-26H2,1-5H3,(H,48,58)(H,50,60)(H,51,59)/t33-,36-,37-,42-/m0/s1. The number of nitrogens with zero attached hydrogens (tertiary/aromatic N) is 4. The van der Waals surface area contributed by atoms with E-state index in [-0.39, 0.29) is 76.4 Å². The summed E-state index contributed by atoms with van der Waals surface area (Å²) in [5, 5.41) is 12.3. The molecular formula is C46H57N7O10S2. The zero-order chi connectivity index (χ0) is 46.9. The molecule has 2 aromatic heterocycles. The van der Waals surface area contributed by atoms with Crippen LogP contribution >= 0.6 is 22.7 Å². The van der Waals surface area contributed by atoms with Gasteiger partial charge in [0.25, 0.3) is 11.8 Å². The lowest BCUT2D eigenvalue weighted by Gasteiger charge is -2.32. The third kappa shape index (κ3) is 16.1. The van der Waals surface area contributed by atoms with Crippen molar-refractivity contribution in [2.75, 3.05) is 7.05 Å². The molecule has 1 fully saturated rings. The molecule has 0 aliphatic carbocycles. The summed E-state index contributed by atoms with van der Waals surface area (Å²) in [4.78, 5) is 107. The van der Waals surface area contributed by atoms with Crippen LogP contribution in [-0.4, -0.2) is 93.0 Å². The number of amides is 6. The van der Waals surface area contributed by atoms with E-state index in [1.165, 1.54) is 27.6 Å². The first kappa shape index (κ1) is 49.8. The molecule has 3 heterocycles. The number of alkyl carbamates (subject to hydrolysis) is 1. The number of urea groups is 1. The normalized spacial score (nSPS) is 14.4. The van der Waals surface area contributed by atoms with Gasteiger partial charge in [0, 0.05) is 62.7 Å². The van der Waals surface area contributed by atoms with Gasteiger partial charge in [0.1, 0.15) is 18.8 Å². The fraction of sp³-hybridized carbons (Fsp3) is 0.457. The molecule has 65 heavy (non-hydrogen) atoms. The van der Waals surface area contributed by atoms with E-state index in [0.29, 0.717) is 9.94 Å². The Kier molecular flexibility index (Phi) is 19.0. The van der Waals surface area contributed by atoms with Crippen LogP contribution in [0.15, 0.2) is 77.8 Å². The lowest BCUT2D eigenvalue weighted by Crippen LogP contribution is -2.56. The summed E-state index contributed by atoms with van der Waals surface area (Å²) in [7, 11) is 1.64. The van der Waals surface area contributed by atoms with Crippen LogP contribution in [0.1, 0.15) is 98.8 Å². The highest BCUT2D eigenvalue weighted by atomic mass is 32.1. The summed E-state index contributed by atoms with van der Waals surface area (Å²) >= 11 is 2.85. The summed E-state index contributed by atoms with van der Waals surface area (Å²) < 4.78 is 11.7. The second kappa shape index (κ2) is 24.7. The minimum Gasteiger partial charge on any atom is -0.460 e. The predicted molar refractivity (Wildman–Crippen MR) is 242 cm³/mol. The van der Waals surface area contributed by atoms with Crippen molar-refractivity contribution in [3.63, 3.8) is 0 Å². The zero-order valence-electron chi connectivity index (χ0n) is 37.2. The van der Waals surface area contributed by atoms with Crippen molar-refractivity contribution in [1.82, 2.24) is 35.9 Å². The van der Waals surface area contributed by atoms with Crippen LogP contribution in [0.5, 0.6) is 0 Å². The number of carbonyl (C=O) groups excluding carboxylic acids is 7. The first-order valence-corrected chi connectivity index (χ1v) is 23.3. The van der Waals surface area contributed by atoms with Crippen LogP contribution in [0.25, 0.3) is 0 Å². The Hall–Kier alpha value is -6.21. The lowest BCUT2D eigenvalue weighted by molar-refractivity contribution is -0.197. The number of thiazole rings is 2. The smallest absolute Gasteiger partial charge is 0.407 e. The van der Waals surface area contributed by atoms with Crippen LogP contribution < -0.4 is 16.0 Å². The van der Waals surface area contributed by atoms with Gasteiger partial charge in [-0.25, -0.2) is 19.4 Å². The van der Waals surface area contributed by atoms with Gasteiger partial charge in [0.05, 0.1) is 33.7 Å². The first-order valence-electron chi connectivity index (χ1n) is 21.6. The zero-order valence-corrected chi connectivity index (χ0v) is 38.9. The van der Waals surface area contributed by atoms with Crippen molar-refractivity contribution in [3.8, 4) is 0 Å². The molecule has 1 saturated heterocycles. The van der Waals surface area contributed by atoms with Gasteiger partial charge < -0.3 is 35.2 Å². The number of esters is 1. The number of rotatable bonds is 23. The molecule has 5 rings (SSSR count). The Morgan fingerprint density at radius 2 is 1.48 bits per heavy atom. The molecule has 19 heteroatoms. The van der Waals surface area contributed by atoms with E-state index in [4.69, 9.17) is 14.3 Å². The first-order chi connectivity index (χ1) is 31.1. The highest BCUT2D eigenvalue weighted by Gasteiger charge is 2.35. The number of imide groups is 1. The van der Waals surface area contributed by atoms with Gasteiger partial charge in [-0.2, -0.15) is 0 Å². The van der Waals surface area contributed by atoms with Gasteiger partial charge in [0.2, 0.25) is 5.91 Å². The molecule has 0 radical (unpaired) electrons.